The maximum Gasteiger partial charge on any atom is 0.227 e. The number of hydrogen-bond donors (Lipinski definition) is 0. The third-order valence-corrected chi connectivity index (χ3v) is 10.7. The van der Waals surface area contributed by atoms with Gasteiger partial charge < -0.3 is 13.7 Å². The molecule has 0 spiro atoms. The summed E-state index contributed by atoms with van der Waals surface area (Å²) in [6, 6.07) is 68.4. The Morgan fingerprint density at radius 2 is 1.05 bits per heavy atom. The first-order chi connectivity index (χ1) is 27.2. The Morgan fingerprint density at radius 3 is 1.91 bits per heavy atom. The number of hydrogen-bond acceptors (Lipinski definition) is 4. The van der Waals surface area contributed by atoms with E-state index in [2.05, 4.69) is 157 Å². The normalized spacial score (nSPS) is 11.6. The van der Waals surface area contributed by atoms with Crippen molar-refractivity contribution in [3.63, 3.8) is 0 Å². The molecule has 0 radical (unpaired) electrons. The first-order valence-electron chi connectivity index (χ1n) is 18.5. The molecule has 4 nitrogen and oxygen atoms in total. The van der Waals surface area contributed by atoms with Gasteiger partial charge in [0.15, 0.2) is 5.58 Å². The third-order valence-electron chi connectivity index (χ3n) is 10.7. The summed E-state index contributed by atoms with van der Waals surface area (Å²) in [4.78, 5) is 7.13. The summed E-state index contributed by atoms with van der Waals surface area (Å²) in [5, 5.41) is 7.00. The van der Waals surface area contributed by atoms with Crippen LogP contribution in [0.15, 0.2) is 203 Å². The predicted octanol–water partition coefficient (Wildman–Crippen LogP) is 14.5. The molecule has 0 fully saturated rings. The van der Waals surface area contributed by atoms with Crippen molar-refractivity contribution in [2.45, 2.75) is 0 Å². The van der Waals surface area contributed by atoms with Crippen molar-refractivity contribution in [2.24, 2.45) is 0 Å². The Balaban J connectivity index is 1.03. The summed E-state index contributed by atoms with van der Waals surface area (Å²) < 4.78 is 12.7. The fourth-order valence-corrected chi connectivity index (χ4v) is 8.02. The van der Waals surface area contributed by atoms with Crippen LogP contribution in [-0.4, -0.2) is 4.98 Å². The smallest absolute Gasteiger partial charge is 0.227 e. The van der Waals surface area contributed by atoms with Gasteiger partial charge in [-0.1, -0.05) is 127 Å². The van der Waals surface area contributed by atoms with Crippen LogP contribution in [0, 0.1) is 0 Å². The quantitative estimate of drug-likeness (QED) is 0.162. The van der Waals surface area contributed by atoms with E-state index in [4.69, 9.17) is 13.8 Å². The number of benzene rings is 9. The second-order valence-corrected chi connectivity index (χ2v) is 14.0. The molecule has 0 aliphatic rings. The van der Waals surface area contributed by atoms with E-state index in [9.17, 15) is 0 Å². The number of fused-ring (bicyclic) bond motifs is 7. The number of rotatable bonds is 6. The van der Waals surface area contributed by atoms with Gasteiger partial charge >= 0.3 is 0 Å². The van der Waals surface area contributed by atoms with Crippen molar-refractivity contribution < 1.29 is 8.83 Å². The zero-order chi connectivity index (χ0) is 36.3. The molecule has 11 rings (SSSR count). The summed E-state index contributed by atoms with van der Waals surface area (Å²) in [6.07, 6.45) is 0. The van der Waals surface area contributed by atoms with Crippen molar-refractivity contribution in [1.29, 1.82) is 0 Å². The number of aromatic nitrogens is 1. The molecule has 2 heterocycles. The molecule has 0 atom stereocenters. The molecule has 4 heteroatoms. The lowest BCUT2D eigenvalue weighted by molar-refractivity contribution is 0.620. The zero-order valence-electron chi connectivity index (χ0n) is 29.7. The Hall–Kier alpha value is -7.43. The van der Waals surface area contributed by atoms with Gasteiger partial charge in [0, 0.05) is 39.5 Å². The SMILES string of the molecule is c1ccc(-c2cccc(N(c3ccc(-c4cccc5oc6cc7nc(-c8ccccc8)oc7cc6c45)cc3)c3ccc4c(ccc5ccccc54)c3)c2)cc1. The monoisotopic (exact) mass is 704 g/mol. The van der Waals surface area contributed by atoms with Crippen LogP contribution in [-0.2, 0) is 0 Å². The molecule has 258 valence electrons. The van der Waals surface area contributed by atoms with E-state index in [1.165, 1.54) is 32.7 Å². The highest BCUT2D eigenvalue weighted by molar-refractivity contribution is 6.15. The first-order valence-corrected chi connectivity index (χ1v) is 18.5. The third kappa shape index (κ3) is 5.34. The van der Waals surface area contributed by atoms with Gasteiger partial charge in [-0.15, -0.1) is 0 Å². The van der Waals surface area contributed by atoms with Gasteiger partial charge in [-0.2, -0.15) is 0 Å². The van der Waals surface area contributed by atoms with Crippen LogP contribution in [0.1, 0.15) is 0 Å². The van der Waals surface area contributed by atoms with Crippen LogP contribution in [0.25, 0.3) is 88.3 Å². The minimum atomic E-state index is 0.599. The Bertz CT molecular complexity index is 3200. The van der Waals surface area contributed by atoms with Gasteiger partial charge in [-0.3, -0.25) is 0 Å². The number of oxazole rings is 1. The zero-order valence-corrected chi connectivity index (χ0v) is 29.7. The van der Waals surface area contributed by atoms with E-state index in [-0.39, 0.29) is 0 Å². The van der Waals surface area contributed by atoms with Crippen molar-refractivity contribution >= 4 is 71.6 Å². The first kappa shape index (κ1) is 31.1. The maximum absolute atomic E-state index is 6.43. The molecule has 0 aliphatic carbocycles. The lowest BCUT2D eigenvalue weighted by Crippen LogP contribution is -2.10. The van der Waals surface area contributed by atoms with Crippen molar-refractivity contribution in [2.75, 3.05) is 4.90 Å². The summed E-state index contributed by atoms with van der Waals surface area (Å²) in [5.74, 6) is 0.599. The van der Waals surface area contributed by atoms with Gasteiger partial charge in [0.25, 0.3) is 0 Å². The molecule has 0 bridgehead atoms. The van der Waals surface area contributed by atoms with Crippen LogP contribution in [0.4, 0.5) is 17.1 Å². The molecule has 0 saturated carbocycles. The summed E-state index contributed by atoms with van der Waals surface area (Å²) in [5.41, 5.74) is 11.9. The van der Waals surface area contributed by atoms with Gasteiger partial charge in [-0.05, 0) is 104 Å². The molecule has 55 heavy (non-hydrogen) atoms. The van der Waals surface area contributed by atoms with Gasteiger partial charge in [0.05, 0.1) is 0 Å². The molecule has 11 aromatic rings. The fraction of sp³-hybridized carbons (Fsp3) is 0. The molecular formula is C51H32N2O2. The van der Waals surface area contributed by atoms with E-state index in [1.54, 1.807) is 0 Å². The van der Waals surface area contributed by atoms with Crippen molar-refractivity contribution in [3.8, 4) is 33.7 Å². The minimum absolute atomic E-state index is 0.599. The Morgan fingerprint density at radius 1 is 0.364 bits per heavy atom. The van der Waals surface area contributed by atoms with Gasteiger partial charge in [0.1, 0.15) is 16.7 Å². The van der Waals surface area contributed by atoms with E-state index in [0.717, 1.165) is 66.8 Å². The van der Waals surface area contributed by atoms with Crippen molar-refractivity contribution in [1.82, 2.24) is 4.98 Å². The average molecular weight is 705 g/mol. The Labute approximate surface area is 317 Å². The van der Waals surface area contributed by atoms with Crippen LogP contribution >= 0.6 is 0 Å². The molecule has 2 aromatic heterocycles. The molecule has 0 amide bonds. The average Bonchev–Trinajstić information content (AvgIpc) is 3.84. The topological polar surface area (TPSA) is 42.4 Å². The summed E-state index contributed by atoms with van der Waals surface area (Å²) in [7, 11) is 0. The van der Waals surface area contributed by atoms with E-state index in [0.29, 0.717) is 5.89 Å². The summed E-state index contributed by atoms with van der Waals surface area (Å²) in [6.45, 7) is 0. The lowest BCUT2D eigenvalue weighted by Gasteiger charge is -2.27. The molecule has 0 saturated heterocycles. The van der Waals surface area contributed by atoms with Crippen LogP contribution in [0.5, 0.6) is 0 Å². The van der Waals surface area contributed by atoms with E-state index < -0.39 is 0 Å². The Kier molecular flexibility index (Phi) is 7.14. The largest absolute Gasteiger partial charge is 0.456 e. The number of furan rings is 1. The fourth-order valence-electron chi connectivity index (χ4n) is 8.02. The van der Waals surface area contributed by atoms with Crippen molar-refractivity contribution in [3.05, 3.63) is 194 Å². The van der Waals surface area contributed by atoms with Gasteiger partial charge in [0.2, 0.25) is 5.89 Å². The highest BCUT2D eigenvalue weighted by Crippen LogP contribution is 2.42. The highest BCUT2D eigenvalue weighted by atomic mass is 16.4. The van der Waals surface area contributed by atoms with E-state index in [1.807, 2.05) is 42.5 Å². The minimum Gasteiger partial charge on any atom is -0.456 e. The highest BCUT2D eigenvalue weighted by Gasteiger charge is 2.19. The lowest BCUT2D eigenvalue weighted by atomic mass is 9.98. The van der Waals surface area contributed by atoms with Crippen LogP contribution in [0.2, 0.25) is 0 Å². The van der Waals surface area contributed by atoms with Crippen LogP contribution < -0.4 is 4.90 Å². The predicted molar refractivity (Wildman–Crippen MR) is 227 cm³/mol. The standard InChI is InChI=1S/C51H32N2O2/c1-3-11-33(12-4-1)37-16-9-17-40(29-37)53(41-27-28-43-38(30-41)22-21-34-13-7-8-18-42(34)43)39-25-23-35(24-26-39)44-19-10-20-47-50(44)45-31-49-46(32-48(45)54-47)52-51(55-49)36-14-5-2-6-15-36/h1-32H. The second kappa shape index (κ2) is 12.6. The van der Waals surface area contributed by atoms with Gasteiger partial charge in [-0.25, -0.2) is 4.98 Å². The van der Waals surface area contributed by atoms with Crippen LogP contribution in [0.3, 0.4) is 0 Å². The molecule has 0 aliphatic heterocycles. The number of nitrogens with zero attached hydrogens (tertiary/aromatic N) is 2. The molecule has 0 unspecified atom stereocenters. The number of anilines is 3. The summed E-state index contributed by atoms with van der Waals surface area (Å²) >= 11 is 0. The second-order valence-electron chi connectivity index (χ2n) is 14.0. The molecule has 0 N–H and O–H groups in total. The molecular weight excluding hydrogens is 673 g/mol. The van der Waals surface area contributed by atoms with E-state index >= 15 is 0 Å². The maximum atomic E-state index is 6.43. The molecule has 9 aromatic carbocycles.